The first-order valence-corrected chi connectivity index (χ1v) is 9.59. The number of ether oxygens (including phenoxy) is 1. The number of nitrogens with zero attached hydrogens (tertiary/aromatic N) is 3. The van der Waals surface area contributed by atoms with Crippen LogP contribution >= 0.6 is 0 Å². The Morgan fingerprint density at radius 1 is 1.35 bits per heavy atom. The highest BCUT2D eigenvalue weighted by molar-refractivity contribution is 5.92. The second-order valence-corrected chi connectivity index (χ2v) is 8.24. The van der Waals surface area contributed by atoms with Crippen molar-refractivity contribution in [2.24, 2.45) is 5.92 Å². The van der Waals surface area contributed by atoms with Crippen molar-refractivity contribution < 1.29 is 14.6 Å². The van der Waals surface area contributed by atoms with E-state index in [4.69, 9.17) is 4.74 Å². The molecule has 3 rings (SSSR count). The Balaban J connectivity index is 1.69. The Morgan fingerprint density at radius 2 is 2.04 bits per heavy atom. The third kappa shape index (κ3) is 4.01. The molecule has 0 aliphatic carbocycles. The topological polar surface area (TPSA) is 65.9 Å². The molecule has 0 unspecified atom stereocenters. The Labute approximate surface area is 156 Å². The van der Waals surface area contributed by atoms with Crippen molar-refractivity contribution in [3.63, 3.8) is 0 Å². The lowest BCUT2D eigenvalue weighted by molar-refractivity contribution is -0.183. The average molecular weight is 361 g/mol. The van der Waals surface area contributed by atoms with Crippen molar-refractivity contribution in [2.75, 3.05) is 32.1 Å². The molecule has 0 aromatic carbocycles. The van der Waals surface area contributed by atoms with Gasteiger partial charge in [-0.05, 0) is 37.3 Å². The van der Waals surface area contributed by atoms with E-state index < -0.39 is 0 Å². The molecule has 0 radical (unpaired) electrons. The highest BCUT2D eigenvalue weighted by Crippen LogP contribution is 2.40. The number of amides is 1. The van der Waals surface area contributed by atoms with Gasteiger partial charge in [-0.15, -0.1) is 0 Å². The predicted molar refractivity (Wildman–Crippen MR) is 101 cm³/mol. The van der Waals surface area contributed by atoms with Crippen LogP contribution in [0.5, 0.6) is 0 Å². The van der Waals surface area contributed by atoms with Gasteiger partial charge in [0.1, 0.15) is 11.5 Å². The minimum absolute atomic E-state index is 0.0844. The van der Waals surface area contributed by atoms with E-state index in [-0.39, 0.29) is 23.7 Å². The molecule has 6 heteroatoms. The number of hydrogen-bond donors (Lipinski definition) is 1. The van der Waals surface area contributed by atoms with Crippen LogP contribution < -0.4 is 4.90 Å². The molecule has 2 fully saturated rings. The van der Waals surface area contributed by atoms with E-state index in [9.17, 15) is 9.90 Å². The van der Waals surface area contributed by atoms with E-state index in [0.29, 0.717) is 11.6 Å². The van der Waals surface area contributed by atoms with Crippen LogP contribution in [0.1, 0.15) is 50.0 Å². The summed E-state index contributed by atoms with van der Waals surface area (Å²) in [4.78, 5) is 20.5. The van der Waals surface area contributed by atoms with Gasteiger partial charge in [0.05, 0.1) is 17.8 Å². The molecule has 1 N–H and O–H groups in total. The molecule has 2 aliphatic heterocycles. The van der Waals surface area contributed by atoms with Crippen LogP contribution in [0.2, 0.25) is 0 Å². The zero-order valence-corrected chi connectivity index (χ0v) is 16.3. The van der Waals surface area contributed by atoms with E-state index in [1.54, 1.807) is 25.1 Å². The Kier molecular flexibility index (Phi) is 5.53. The van der Waals surface area contributed by atoms with E-state index in [0.717, 1.165) is 44.6 Å². The summed E-state index contributed by atoms with van der Waals surface area (Å²) in [6.45, 7) is 5.96. The molecule has 0 bridgehead atoms. The minimum Gasteiger partial charge on any atom is -0.393 e. The molecule has 6 nitrogen and oxygen atoms in total. The lowest BCUT2D eigenvalue weighted by atomic mass is 9.80. The van der Waals surface area contributed by atoms with E-state index in [2.05, 4.69) is 23.7 Å². The number of aromatic nitrogens is 1. The molecule has 2 atom stereocenters. The van der Waals surface area contributed by atoms with Gasteiger partial charge in [0.15, 0.2) is 0 Å². The molecule has 26 heavy (non-hydrogen) atoms. The largest absolute Gasteiger partial charge is 0.393 e. The van der Waals surface area contributed by atoms with Crippen molar-refractivity contribution in [1.82, 2.24) is 9.88 Å². The van der Waals surface area contributed by atoms with Crippen LogP contribution in [0, 0.1) is 5.92 Å². The van der Waals surface area contributed by atoms with Gasteiger partial charge in [-0.25, -0.2) is 4.98 Å². The molecule has 144 valence electrons. The zero-order chi connectivity index (χ0) is 18.9. The summed E-state index contributed by atoms with van der Waals surface area (Å²) in [5, 5.41) is 10.3. The summed E-state index contributed by atoms with van der Waals surface area (Å²) < 4.78 is 6.46. The fraction of sp³-hybridized carbons (Fsp3) is 0.700. The Hall–Kier alpha value is -1.66. The lowest BCUT2D eigenvalue weighted by Crippen LogP contribution is -2.54. The van der Waals surface area contributed by atoms with E-state index >= 15 is 0 Å². The number of carbonyl (C=O) groups excluding carboxylic acids is 1. The highest BCUT2D eigenvalue weighted by Gasteiger charge is 2.44. The third-order valence-electron chi connectivity index (χ3n) is 5.62. The Bertz CT molecular complexity index is 639. The van der Waals surface area contributed by atoms with Crippen molar-refractivity contribution in [3.8, 4) is 0 Å². The predicted octanol–water partition coefficient (Wildman–Crippen LogP) is 2.32. The summed E-state index contributed by atoms with van der Waals surface area (Å²) in [5.41, 5.74) is 0.247. The quantitative estimate of drug-likeness (QED) is 0.895. The molecular formula is C20H31N3O3. The summed E-state index contributed by atoms with van der Waals surface area (Å²) in [6.07, 6.45) is 3.06. The lowest BCUT2D eigenvalue weighted by Gasteiger charge is -2.49. The fourth-order valence-electron chi connectivity index (χ4n) is 4.02. The number of anilines is 1. The van der Waals surface area contributed by atoms with Gasteiger partial charge in [-0.1, -0.05) is 19.9 Å². The van der Waals surface area contributed by atoms with Crippen molar-refractivity contribution in [1.29, 1.82) is 0 Å². The second kappa shape index (κ2) is 7.53. The molecular weight excluding hydrogens is 330 g/mol. The zero-order valence-electron chi connectivity index (χ0n) is 16.3. The van der Waals surface area contributed by atoms with Crippen LogP contribution in [-0.4, -0.2) is 65.9 Å². The normalized spacial score (nSPS) is 25.5. The number of hydrogen-bond acceptors (Lipinski definition) is 5. The smallest absolute Gasteiger partial charge is 0.272 e. The van der Waals surface area contributed by atoms with Crippen LogP contribution in [0.3, 0.4) is 0 Å². The highest BCUT2D eigenvalue weighted by atomic mass is 16.5. The maximum Gasteiger partial charge on any atom is 0.272 e. The van der Waals surface area contributed by atoms with Gasteiger partial charge < -0.3 is 19.6 Å². The van der Waals surface area contributed by atoms with Gasteiger partial charge in [-0.2, -0.15) is 0 Å². The number of piperidine rings is 1. The molecule has 1 spiro atoms. The monoisotopic (exact) mass is 361 g/mol. The first kappa shape index (κ1) is 19.1. The number of rotatable bonds is 3. The van der Waals surface area contributed by atoms with Gasteiger partial charge in [0.2, 0.25) is 0 Å². The van der Waals surface area contributed by atoms with E-state index in [1.807, 2.05) is 12.1 Å². The van der Waals surface area contributed by atoms with Crippen LogP contribution in [0.25, 0.3) is 0 Å². The first-order valence-electron chi connectivity index (χ1n) is 9.59. The fourth-order valence-corrected chi connectivity index (χ4v) is 4.02. The Morgan fingerprint density at radius 3 is 2.65 bits per heavy atom. The summed E-state index contributed by atoms with van der Waals surface area (Å²) in [7, 11) is 3.47. The molecule has 1 aromatic heterocycles. The molecule has 2 saturated heterocycles. The number of aliphatic hydroxyl groups excluding tert-OH is 1. The van der Waals surface area contributed by atoms with Crippen molar-refractivity contribution >= 4 is 11.7 Å². The summed E-state index contributed by atoms with van der Waals surface area (Å²) >= 11 is 0. The second-order valence-electron chi connectivity index (χ2n) is 8.24. The average Bonchev–Trinajstić information content (AvgIpc) is 2.61. The van der Waals surface area contributed by atoms with Gasteiger partial charge in [0, 0.05) is 33.6 Å². The molecule has 1 amide bonds. The number of pyridine rings is 1. The van der Waals surface area contributed by atoms with E-state index in [1.165, 1.54) is 0 Å². The summed E-state index contributed by atoms with van der Waals surface area (Å²) in [5.74, 6) is 1.17. The minimum atomic E-state index is -0.276. The van der Waals surface area contributed by atoms with Gasteiger partial charge in [-0.3, -0.25) is 4.79 Å². The third-order valence-corrected chi connectivity index (χ3v) is 5.62. The SMILES string of the molecule is CC(C)[C@H]1C[C@@H](O)CC2(CCN(c3cccc(C(=O)N(C)C)n3)CC2)O1. The molecule has 3 heterocycles. The maximum atomic E-state index is 12.2. The standard InChI is InChI=1S/C20H31N3O3/c1-14(2)17-12-15(24)13-20(26-17)8-10-23(11-9-20)18-7-5-6-16(21-18)19(25)22(3)4/h5-7,14-15,17,24H,8-13H2,1-4H3/t15-,17-/m1/s1. The van der Waals surface area contributed by atoms with Gasteiger partial charge in [0.25, 0.3) is 5.91 Å². The van der Waals surface area contributed by atoms with Crippen LogP contribution in [0.4, 0.5) is 5.82 Å². The van der Waals surface area contributed by atoms with Gasteiger partial charge >= 0.3 is 0 Å². The number of aliphatic hydroxyl groups is 1. The maximum absolute atomic E-state index is 12.2. The molecule has 2 aliphatic rings. The summed E-state index contributed by atoms with van der Waals surface area (Å²) in [6, 6.07) is 5.60. The molecule has 0 saturated carbocycles. The number of carbonyl (C=O) groups is 1. The first-order chi connectivity index (χ1) is 12.3. The van der Waals surface area contributed by atoms with Crippen LogP contribution in [-0.2, 0) is 4.74 Å². The molecule has 1 aromatic rings. The van der Waals surface area contributed by atoms with Crippen LogP contribution in [0.15, 0.2) is 18.2 Å². The van der Waals surface area contributed by atoms with Crippen molar-refractivity contribution in [2.45, 2.75) is 57.3 Å². The van der Waals surface area contributed by atoms with Crippen molar-refractivity contribution in [3.05, 3.63) is 23.9 Å².